The van der Waals surface area contributed by atoms with Crippen LogP contribution in [0.5, 0.6) is 11.5 Å². The van der Waals surface area contributed by atoms with E-state index in [1.54, 1.807) is 14.2 Å². The number of para-hydroxylation sites is 2. The summed E-state index contributed by atoms with van der Waals surface area (Å²) in [4.78, 5) is 9.46. The smallest absolute Gasteiger partial charge is 0.144 e. The number of ether oxygens (including phenoxy) is 2. The molecular weight excluding hydrogens is 371 g/mol. The fourth-order valence-electron chi connectivity index (χ4n) is 2.38. The molecule has 2 rings (SSSR count). The third kappa shape index (κ3) is 5.44. The Bertz CT molecular complexity index is 731. The first-order valence-corrected chi connectivity index (χ1v) is 7.86. The summed E-state index contributed by atoms with van der Waals surface area (Å²) in [6.07, 6.45) is 0. The van der Waals surface area contributed by atoms with Crippen LogP contribution in [0.3, 0.4) is 0 Å². The number of benzene rings is 2. The molecule has 0 spiro atoms. The molecular formula is C21H27N2NiO2-. The summed E-state index contributed by atoms with van der Waals surface area (Å²) in [6, 6.07) is 11.8. The van der Waals surface area contributed by atoms with Crippen LogP contribution in [0.1, 0.15) is 25.0 Å². The maximum Gasteiger partial charge on any atom is 0.144 e. The van der Waals surface area contributed by atoms with Gasteiger partial charge in [-0.1, -0.05) is 24.3 Å². The number of hydrogen-bond donors (Lipinski definition) is 0. The van der Waals surface area contributed by atoms with Crippen LogP contribution in [0.4, 0.5) is 11.4 Å². The Morgan fingerprint density at radius 3 is 1.38 bits per heavy atom. The van der Waals surface area contributed by atoms with Gasteiger partial charge < -0.3 is 16.9 Å². The monoisotopic (exact) mass is 397 g/mol. The minimum atomic E-state index is 0. The summed E-state index contributed by atoms with van der Waals surface area (Å²) >= 11 is 0. The van der Waals surface area contributed by atoms with Crippen LogP contribution in [0.2, 0.25) is 0 Å². The van der Waals surface area contributed by atoms with E-state index in [-0.39, 0.29) is 23.9 Å². The summed E-state index contributed by atoms with van der Waals surface area (Å²) in [5.41, 5.74) is 5.48. The van der Waals surface area contributed by atoms with Gasteiger partial charge in [-0.2, -0.15) is 0 Å². The summed E-state index contributed by atoms with van der Waals surface area (Å²) in [7, 11) is 3.31. The maximum atomic E-state index is 5.41. The van der Waals surface area contributed by atoms with Gasteiger partial charge in [0.15, 0.2) is 0 Å². The van der Waals surface area contributed by atoms with Crippen molar-refractivity contribution >= 4 is 22.8 Å². The molecule has 0 aromatic heterocycles. The zero-order valence-corrected chi connectivity index (χ0v) is 17.5. The van der Waals surface area contributed by atoms with E-state index in [4.69, 9.17) is 19.5 Å². The molecule has 0 bridgehead atoms. The molecule has 4 nitrogen and oxygen atoms in total. The largest absolute Gasteiger partial charge is 0.494 e. The first-order chi connectivity index (χ1) is 11.5. The Balaban J connectivity index is 0.00000312. The Hall–Kier alpha value is -2.13. The van der Waals surface area contributed by atoms with Gasteiger partial charge in [-0.05, 0) is 51.0 Å². The maximum absolute atomic E-state index is 5.41. The fourth-order valence-corrected chi connectivity index (χ4v) is 2.38. The van der Waals surface area contributed by atoms with E-state index in [0.29, 0.717) is 0 Å². The Kier molecular flexibility index (Phi) is 9.89. The third-order valence-electron chi connectivity index (χ3n) is 3.92. The van der Waals surface area contributed by atoms with E-state index >= 15 is 0 Å². The minimum Gasteiger partial charge on any atom is -0.494 e. The molecule has 0 unspecified atom stereocenters. The molecule has 0 aliphatic rings. The first kappa shape index (κ1) is 23.9. The SMILES string of the molecule is COc1cccc(C)c1N=C(C)C(C)=Nc1c(C)cccc1OC.[CH3-].[Ni]. The molecule has 0 heterocycles. The standard InChI is InChI=1S/C20H24N2O2.CH3.Ni/c1-13-9-7-11-17(23-5)19(13)21-15(3)16(4)22-20-14(2)10-8-12-18(20)24-6;;/h7-12H,1-6H3;1H3;/q;-1;. The van der Waals surface area contributed by atoms with Gasteiger partial charge in [0, 0.05) is 16.5 Å². The molecule has 0 atom stereocenters. The van der Waals surface area contributed by atoms with Crippen molar-refractivity contribution in [1.29, 1.82) is 0 Å². The molecule has 0 fully saturated rings. The number of rotatable bonds is 5. The van der Waals surface area contributed by atoms with Gasteiger partial charge >= 0.3 is 0 Å². The zero-order chi connectivity index (χ0) is 17.7. The van der Waals surface area contributed by atoms with Crippen LogP contribution in [0.25, 0.3) is 0 Å². The van der Waals surface area contributed by atoms with Gasteiger partial charge in [-0.3, -0.25) is 0 Å². The molecule has 144 valence electrons. The molecule has 26 heavy (non-hydrogen) atoms. The molecule has 0 saturated carbocycles. The quantitative estimate of drug-likeness (QED) is 0.371. The van der Waals surface area contributed by atoms with Crippen molar-refractivity contribution in [3.05, 3.63) is 55.0 Å². The summed E-state index contributed by atoms with van der Waals surface area (Å²) < 4.78 is 10.8. The Morgan fingerprint density at radius 1 is 0.731 bits per heavy atom. The van der Waals surface area contributed by atoms with E-state index in [9.17, 15) is 0 Å². The van der Waals surface area contributed by atoms with Crippen molar-refractivity contribution in [2.75, 3.05) is 14.2 Å². The van der Waals surface area contributed by atoms with Crippen LogP contribution < -0.4 is 9.47 Å². The average molecular weight is 398 g/mol. The second-order valence-electron chi connectivity index (χ2n) is 5.65. The number of aliphatic imine (C=N–C) groups is 2. The number of methoxy groups -OCH3 is 2. The van der Waals surface area contributed by atoms with E-state index < -0.39 is 0 Å². The molecule has 0 N–H and O–H groups in total. The van der Waals surface area contributed by atoms with E-state index in [0.717, 1.165) is 45.4 Å². The minimum absolute atomic E-state index is 0. The van der Waals surface area contributed by atoms with Crippen molar-refractivity contribution in [3.63, 3.8) is 0 Å². The Labute approximate surface area is 167 Å². The van der Waals surface area contributed by atoms with Crippen LogP contribution in [0, 0.1) is 21.3 Å². The summed E-state index contributed by atoms with van der Waals surface area (Å²) in [6.45, 7) is 7.95. The van der Waals surface area contributed by atoms with Crippen molar-refractivity contribution in [2.45, 2.75) is 27.7 Å². The molecule has 0 aliphatic carbocycles. The Morgan fingerprint density at radius 2 is 1.08 bits per heavy atom. The second kappa shape index (κ2) is 10.8. The normalized spacial score (nSPS) is 11.3. The van der Waals surface area contributed by atoms with Gasteiger partial charge in [0.05, 0.1) is 25.6 Å². The predicted octanol–water partition coefficient (Wildman–Crippen LogP) is 5.65. The predicted molar refractivity (Wildman–Crippen MR) is 107 cm³/mol. The van der Waals surface area contributed by atoms with Crippen LogP contribution >= 0.6 is 0 Å². The van der Waals surface area contributed by atoms with Crippen LogP contribution in [0.15, 0.2) is 46.4 Å². The van der Waals surface area contributed by atoms with Crippen molar-refractivity contribution < 1.29 is 26.0 Å². The fraction of sp³-hybridized carbons (Fsp3) is 0.286. The molecule has 0 radical (unpaired) electrons. The van der Waals surface area contributed by atoms with Crippen molar-refractivity contribution in [2.24, 2.45) is 9.98 Å². The summed E-state index contributed by atoms with van der Waals surface area (Å²) in [5, 5.41) is 0. The van der Waals surface area contributed by atoms with E-state index in [1.165, 1.54) is 0 Å². The number of nitrogens with zero attached hydrogens (tertiary/aromatic N) is 2. The zero-order valence-electron chi connectivity index (χ0n) is 16.5. The molecule has 0 amide bonds. The first-order valence-electron chi connectivity index (χ1n) is 7.86. The topological polar surface area (TPSA) is 43.2 Å². The van der Waals surface area contributed by atoms with Gasteiger partial charge in [0.1, 0.15) is 22.9 Å². The average Bonchev–Trinajstić information content (AvgIpc) is 2.58. The molecule has 5 heteroatoms. The van der Waals surface area contributed by atoms with Crippen molar-refractivity contribution in [3.8, 4) is 11.5 Å². The second-order valence-corrected chi connectivity index (χ2v) is 5.65. The van der Waals surface area contributed by atoms with Gasteiger partial charge in [0.2, 0.25) is 0 Å². The molecule has 0 aliphatic heterocycles. The van der Waals surface area contributed by atoms with Gasteiger partial charge in [-0.25, -0.2) is 9.98 Å². The summed E-state index contributed by atoms with van der Waals surface area (Å²) in [5.74, 6) is 1.52. The molecule has 0 saturated heterocycles. The van der Waals surface area contributed by atoms with Gasteiger partial charge in [0.25, 0.3) is 0 Å². The van der Waals surface area contributed by atoms with Crippen LogP contribution in [-0.4, -0.2) is 25.6 Å². The van der Waals surface area contributed by atoms with Gasteiger partial charge in [-0.15, -0.1) is 0 Å². The number of hydrogen-bond acceptors (Lipinski definition) is 4. The molecule has 2 aromatic carbocycles. The van der Waals surface area contributed by atoms with E-state index in [1.807, 2.05) is 64.1 Å². The molecule has 2 aromatic rings. The number of aryl methyl sites for hydroxylation is 2. The third-order valence-corrected chi connectivity index (χ3v) is 3.92. The van der Waals surface area contributed by atoms with Crippen molar-refractivity contribution in [1.82, 2.24) is 0 Å². The van der Waals surface area contributed by atoms with E-state index in [2.05, 4.69) is 0 Å². The van der Waals surface area contributed by atoms with Crippen LogP contribution in [-0.2, 0) is 16.5 Å².